The Labute approximate surface area is 139 Å². The molecule has 0 aliphatic heterocycles. The second-order valence-electron chi connectivity index (χ2n) is 5.29. The van der Waals surface area contributed by atoms with Crippen LogP contribution in [-0.2, 0) is 5.75 Å². The summed E-state index contributed by atoms with van der Waals surface area (Å²) in [4.78, 5) is 1.24. The molecule has 0 atom stereocenters. The molecule has 0 bridgehead atoms. The molecule has 1 aromatic heterocycles. The van der Waals surface area contributed by atoms with Gasteiger partial charge in [0.2, 0.25) is 11.8 Å². The number of rotatable bonds is 5. The maximum Gasteiger partial charge on any atom is 0.247 e. The van der Waals surface area contributed by atoms with Gasteiger partial charge in [0, 0.05) is 10.5 Å². The number of hydrogen-bond donors (Lipinski definition) is 0. The van der Waals surface area contributed by atoms with Crippen molar-refractivity contribution in [3.05, 3.63) is 59.5 Å². The highest BCUT2D eigenvalue weighted by molar-refractivity contribution is 7.98. The predicted molar refractivity (Wildman–Crippen MR) is 91.8 cm³/mol. The van der Waals surface area contributed by atoms with Gasteiger partial charge in [0.15, 0.2) is 0 Å². The van der Waals surface area contributed by atoms with Crippen LogP contribution in [-0.4, -0.2) is 17.3 Å². The number of benzene rings is 2. The Morgan fingerprint density at radius 2 is 1.83 bits per heavy atom. The molecular weight excluding hydrogens is 308 g/mol. The lowest BCUT2D eigenvalue weighted by Crippen LogP contribution is -1.84. The molecule has 0 aliphatic rings. The number of thioether (sulfide) groups is 1. The first-order valence-electron chi connectivity index (χ1n) is 7.32. The van der Waals surface area contributed by atoms with E-state index in [0.717, 1.165) is 11.3 Å². The molecule has 0 N–H and O–H groups in total. The molecule has 0 spiro atoms. The van der Waals surface area contributed by atoms with Crippen molar-refractivity contribution in [1.29, 1.82) is 0 Å². The van der Waals surface area contributed by atoms with Gasteiger partial charge in [-0.2, -0.15) is 0 Å². The Bertz CT molecular complexity index is 797. The molecule has 0 saturated heterocycles. The van der Waals surface area contributed by atoms with Crippen LogP contribution in [0.25, 0.3) is 11.5 Å². The van der Waals surface area contributed by atoms with Crippen LogP contribution in [0.2, 0.25) is 0 Å². The van der Waals surface area contributed by atoms with E-state index in [9.17, 15) is 0 Å². The number of aromatic nitrogens is 2. The summed E-state index contributed by atoms with van der Waals surface area (Å²) in [6, 6.07) is 14.0. The monoisotopic (exact) mass is 326 g/mol. The van der Waals surface area contributed by atoms with E-state index in [1.165, 1.54) is 16.0 Å². The molecule has 0 amide bonds. The number of nitrogens with zero attached hydrogens (tertiary/aromatic N) is 2. The zero-order chi connectivity index (χ0) is 16.2. The van der Waals surface area contributed by atoms with E-state index >= 15 is 0 Å². The van der Waals surface area contributed by atoms with Gasteiger partial charge in [0.25, 0.3) is 0 Å². The summed E-state index contributed by atoms with van der Waals surface area (Å²) in [5.41, 5.74) is 3.43. The van der Waals surface area contributed by atoms with Crippen molar-refractivity contribution in [3.63, 3.8) is 0 Å². The maximum absolute atomic E-state index is 5.74. The van der Waals surface area contributed by atoms with E-state index in [2.05, 4.69) is 42.2 Å². The second kappa shape index (κ2) is 6.87. The lowest BCUT2D eigenvalue weighted by molar-refractivity contribution is 0.415. The molecule has 3 aromatic rings. The average molecular weight is 326 g/mol. The molecular formula is C18H18N2O2S. The highest BCUT2D eigenvalue weighted by atomic mass is 32.2. The SMILES string of the molecule is COc1ccc(-c2nnc(CSc3ccc(C)cc3C)o2)cc1. The van der Waals surface area contributed by atoms with Crippen LogP contribution in [0.15, 0.2) is 51.8 Å². The van der Waals surface area contributed by atoms with Gasteiger partial charge in [0.05, 0.1) is 12.9 Å². The lowest BCUT2D eigenvalue weighted by atomic mass is 10.2. The third-order valence-electron chi connectivity index (χ3n) is 3.49. The molecule has 5 heteroatoms. The van der Waals surface area contributed by atoms with Crippen LogP contribution in [0.5, 0.6) is 5.75 Å². The number of methoxy groups -OCH3 is 1. The van der Waals surface area contributed by atoms with Gasteiger partial charge in [-0.3, -0.25) is 0 Å². The third kappa shape index (κ3) is 3.74. The first-order valence-corrected chi connectivity index (χ1v) is 8.31. The summed E-state index contributed by atoms with van der Waals surface area (Å²) in [6.45, 7) is 4.21. The van der Waals surface area contributed by atoms with E-state index in [1.807, 2.05) is 24.3 Å². The van der Waals surface area contributed by atoms with E-state index in [-0.39, 0.29) is 0 Å². The molecule has 0 radical (unpaired) electrons. The highest BCUT2D eigenvalue weighted by Gasteiger charge is 2.10. The minimum absolute atomic E-state index is 0.531. The smallest absolute Gasteiger partial charge is 0.247 e. The Balaban J connectivity index is 1.69. The van der Waals surface area contributed by atoms with Crippen LogP contribution in [0.4, 0.5) is 0 Å². The molecule has 2 aromatic carbocycles. The summed E-state index contributed by atoms with van der Waals surface area (Å²) >= 11 is 1.71. The zero-order valence-corrected chi connectivity index (χ0v) is 14.2. The first-order chi connectivity index (χ1) is 11.2. The zero-order valence-electron chi connectivity index (χ0n) is 13.4. The van der Waals surface area contributed by atoms with Crippen LogP contribution in [0, 0.1) is 13.8 Å². The van der Waals surface area contributed by atoms with Crippen molar-refractivity contribution >= 4 is 11.8 Å². The number of aryl methyl sites for hydroxylation is 2. The van der Waals surface area contributed by atoms with Crippen molar-refractivity contribution in [2.75, 3.05) is 7.11 Å². The standard InChI is InChI=1S/C18H18N2O2S/c1-12-4-9-16(13(2)10-12)23-11-17-19-20-18(22-17)14-5-7-15(21-3)8-6-14/h4-10H,11H2,1-3H3. The summed E-state index contributed by atoms with van der Waals surface area (Å²) in [7, 11) is 1.64. The molecule has 0 unspecified atom stereocenters. The Morgan fingerprint density at radius 1 is 1.04 bits per heavy atom. The first kappa shape index (κ1) is 15.6. The fraction of sp³-hybridized carbons (Fsp3) is 0.222. The fourth-order valence-electron chi connectivity index (χ4n) is 2.26. The average Bonchev–Trinajstić information content (AvgIpc) is 3.03. The number of hydrogen-bond acceptors (Lipinski definition) is 5. The Kier molecular flexibility index (Phi) is 4.67. The van der Waals surface area contributed by atoms with Crippen LogP contribution in [0.3, 0.4) is 0 Å². The normalized spacial score (nSPS) is 10.7. The minimum Gasteiger partial charge on any atom is -0.497 e. The molecule has 4 nitrogen and oxygen atoms in total. The largest absolute Gasteiger partial charge is 0.497 e. The fourth-order valence-corrected chi connectivity index (χ4v) is 3.11. The van der Waals surface area contributed by atoms with Crippen molar-refractivity contribution < 1.29 is 9.15 Å². The molecule has 0 saturated carbocycles. The maximum atomic E-state index is 5.74. The summed E-state index contributed by atoms with van der Waals surface area (Å²) < 4.78 is 10.9. The quantitative estimate of drug-likeness (QED) is 0.638. The minimum atomic E-state index is 0.531. The van der Waals surface area contributed by atoms with Gasteiger partial charge in [-0.15, -0.1) is 22.0 Å². The van der Waals surface area contributed by atoms with Crippen molar-refractivity contribution in [3.8, 4) is 17.2 Å². The number of ether oxygens (including phenoxy) is 1. The second-order valence-corrected chi connectivity index (χ2v) is 6.30. The summed E-state index contributed by atoms with van der Waals surface area (Å²) in [5, 5.41) is 8.25. The van der Waals surface area contributed by atoms with Crippen molar-refractivity contribution in [2.45, 2.75) is 24.5 Å². The molecule has 23 heavy (non-hydrogen) atoms. The van der Waals surface area contributed by atoms with Crippen molar-refractivity contribution in [2.24, 2.45) is 0 Å². The highest BCUT2D eigenvalue weighted by Crippen LogP contribution is 2.28. The van der Waals surface area contributed by atoms with Crippen molar-refractivity contribution in [1.82, 2.24) is 10.2 Å². The molecule has 0 aliphatic carbocycles. The Morgan fingerprint density at radius 3 is 2.52 bits per heavy atom. The van der Waals surface area contributed by atoms with E-state index in [4.69, 9.17) is 9.15 Å². The van der Waals surface area contributed by atoms with Gasteiger partial charge in [-0.1, -0.05) is 17.7 Å². The van der Waals surface area contributed by atoms with Crippen LogP contribution >= 0.6 is 11.8 Å². The van der Waals surface area contributed by atoms with Gasteiger partial charge in [-0.05, 0) is 49.7 Å². The van der Waals surface area contributed by atoms with E-state index in [1.54, 1.807) is 18.9 Å². The molecule has 0 fully saturated rings. The molecule has 1 heterocycles. The van der Waals surface area contributed by atoms with Gasteiger partial charge < -0.3 is 9.15 Å². The van der Waals surface area contributed by atoms with Gasteiger partial charge in [-0.25, -0.2) is 0 Å². The molecule has 118 valence electrons. The summed E-state index contributed by atoms with van der Waals surface area (Å²) in [5.74, 6) is 2.62. The van der Waals surface area contributed by atoms with E-state index < -0.39 is 0 Å². The third-order valence-corrected chi connectivity index (χ3v) is 4.65. The van der Waals surface area contributed by atoms with Crippen LogP contribution < -0.4 is 4.74 Å². The molecule has 3 rings (SSSR count). The van der Waals surface area contributed by atoms with E-state index in [0.29, 0.717) is 17.5 Å². The van der Waals surface area contributed by atoms with Gasteiger partial charge in [0.1, 0.15) is 5.75 Å². The Hall–Kier alpha value is -2.27. The predicted octanol–water partition coefficient (Wildman–Crippen LogP) is 4.65. The lowest BCUT2D eigenvalue weighted by Gasteiger charge is -2.04. The van der Waals surface area contributed by atoms with Crippen LogP contribution in [0.1, 0.15) is 17.0 Å². The topological polar surface area (TPSA) is 48.2 Å². The van der Waals surface area contributed by atoms with Gasteiger partial charge >= 0.3 is 0 Å². The summed E-state index contributed by atoms with van der Waals surface area (Å²) in [6.07, 6.45) is 0.